The fourth-order valence-corrected chi connectivity index (χ4v) is 2.29. The van der Waals surface area contributed by atoms with Crippen LogP contribution in [0.5, 0.6) is 0 Å². The standard InChI is InChI=1S/C10H5BrF2N2OS/c11-7-4-14-10(17-7)15-9(16)8-5(12)2-1-3-6(8)13/h1-4H,(H,14,15,16). The van der Waals surface area contributed by atoms with Crippen molar-refractivity contribution in [3.8, 4) is 0 Å². The number of thiazole rings is 1. The number of halogens is 3. The number of benzene rings is 1. The SMILES string of the molecule is O=C(Nc1ncc(Br)s1)c1c(F)cccc1F. The fourth-order valence-electron chi connectivity index (χ4n) is 1.19. The van der Waals surface area contributed by atoms with Crippen molar-refractivity contribution >= 4 is 38.3 Å². The van der Waals surface area contributed by atoms with Crippen LogP contribution in [0.25, 0.3) is 0 Å². The molecule has 1 aromatic heterocycles. The van der Waals surface area contributed by atoms with Gasteiger partial charge in [0, 0.05) is 0 Å². The quantitative estimate of drug-likeness (QED) is 0.921. The zero-order valence-electron chi connectivity index (χ0n) is 8.21. The van der Waals surface area contributed by atoms with E-state index in [1.165, 1.54) is 12.3 Å². The number of hydrogen-bond acceptors (Lipinski definition) is 3. The minimum atomic E-state index is -0.905. The molecule has 0 aliphatic rings. The van der Waals surface area contributed by atoms with Crippen molar-refractivity contribution in [1.82, 2.24) is 4.98 Å². The van der Waals surface area contributed by atoms with E-state index in [1.54, 1.807) is 0 Å². The molecule has 1 aromatic carbocycles. The normalized spacial score (nSPS) is 10.3. The second-order valence-corrected chi connectivity index (χ2v) is 5.43. The monoisotopic (exact) mass is 318 g/mol. The Hall–Kier alpha value is -1.34. The Labute approximate surface area is 108 Å². The smallest absolute Gasteiger partial charge is 0.263 e. The van der Waals surface area contributed by atoms with Crippen LogP contribution in [-0.4, -0.2) is 10.9 Å². The van der Waals surface area contributed by atoms with Gasteiger partial charge in [-0.1, -0.05) is 17.4 Å². The predicted molar refractivity (Wildman–Crippen MR) is 64.1 cm³/mol. The van der Waals surface area contributed by atoms with Gasteiger partial charge in [0.05, 0.1) is 9.98 Å². The molecular formula is C10H5BrF2N2OS. The molecule has 2 rings (SSSR count). The van der Waals surface area contributed by atoms with Crippen molar-refractivity contribution in [2.24, 2.45) is 0 Å². The van der Waals surface area contributed by atoms with Crippen LogP contribution in [0.1, 0.15) is 10.4 Å². The molecule has 88 valence electrons. The lowest BCUT2D eigenvalue weighted by Crippen LogP contribution is -2.15. The molecule has 1 heterocycles. The van der Waals surface area contributed by atoms with Crippen molar-refractivity contribution < 1.29 is 13.6 Å². The summed E-state index contributed by atoms with van der Waals surface area (Å²) < 4.78 is 27.3. The molecule has 0 atom stereocenters. The van der Waals surface area contributed by atoms with Crippen molar-refractivity contribution in [3.05, 3.63) is 45.4 Å². The fraction of sp³-hybridized carbons (Fsp3) is 0. The molecule has 0 aliphatic heterocycles. The lowest BCUT2D eigenvalue weighted by atomic mass is 10.2. The largest absolute Gasteiger partial charge is 0.298 e. The van der Waals surface area contributed by atoms with Crippen LogP contribution in [0.4, 0.5) is 13.9 Å². The summed E-state index contributed by atoms with van der Waals surface area (Å²) in [5.74, 6) is -2.67. The third kappa shape index (κ3) is 2.67. The molecule has 0 unspecified atom stereocenters. The molecule has 1 N–H and O–H groups in total. The lowest BCUT2D eigenvalue weighted by Gasteiger charge is -2.03. The highest BCUT2D eigenvalue weighted by Gasteiger charge is 2.17. The minimum Gasteiger partial charge on any atom is -0.298 e. The predicted octanol–water partition coefficient (Wildman–Crippen LogP) is 3.44. The Morgan fingerprint density at radius 2 is 2.00 bits per heavy atom. The van der Waals surface area contributed by atoms with Gasteiger partial charge in [-0.2, -0.15) is 0 Å². The Bertz CT molecular complexity index is 553. The summed E-state index contributed by atoms with van der Waals surface area (Å²) in [6.45, 7) is 0. The van der Waals surface area contributed by atoms with Gasteiger partial charge < -0.3 is 0 Å². The molecule has 1 amide bonds. The first-order valence-electron chi connectivity index (χ1n) is 4.44. The molecule has 2 aromatic rings. The van der Waals surface area contributed by atoms with Gasteiger partial charge in [-0.3, -0.25) is 10.1 Å². The highest BCUT2D eigenvalue weighted by Crippen LogP contribution is 2.24. The third-order valence-corrected chi connectivity index (χ3v) is 3.28. The van der Waals surface area contributed by atoms with Crippen LogP contribution in [0.15, 0.2) is 28.2 Å². The van der Waals surface area contributed by atoms with Gasteiger partial charge >= 0.3 is 0 Å². The van der Waals surface area contributed by atoms with E-state index in [4.69, 9.17) is 0 Å². The highest BCUT2D eigenvalue weighted by molar-refractivity contribution is 9.11. The van der Waals surface area contributed by atoms with E-state index in [1.807, 2.05) is 0 Å². The molecule has 0 radical (unpaired) electrons. The molecular weight excluding hydrogens is 314 g/mol. The first-order chi connectivity index (χ1) is 8.08. The van der Waals surface area contributed by atoms with Gasteiger partial charge in [-0.15, -0.1) is 0 Å². The van der Waals surface area contributed by atoms with Gasteiger partial charge in [-0.25, -0.2) is 13.8 Å². The van der Waals surface area contributed by atoms with Gasteiger partial charge in [0.15, 0.2) is 5.13 Å². The molecule has 0 bridgehead atoms. The number of carbonyl (C=O) groups is 1. The average molecular weight is 319 g/mol. The molecule has 0 spiro atoms. The van der Waals surface area contributed by atoms with Crippen LogP contribution in [0.3, 0.4) is 0 Å². The van der Waals surface area contributed by atoms with Crippen LogP contribution >= 0.6 is 27.3 Å². The Kier molecular flexibility index (Phi) is 3.49. The summed E-state index contributed by atoms with van der Waals surface area (Å²) in [4.78, 5) is 15.5. The van der Waals surface area contributed by atoms with Gasteiger partial charge in [0.25, 0.3) is 5.91 Å². The number of nitrogens with one attached hydrogen (secondary N) is 1. The molecule has 0 saturated heterocycles. The second kappa shape index (κ2) is 4.89. The van der Waals surface area contributed by atoms with Crippen molar-refractivity contribution in [3.63, 3.8) is 0 Å². The topological polar surface area (TPSA) is 42.0 Å². The highest BCUT2D eigenvalue weighted by atomic mass is 79.9. The molecule has 7 heteroatoms. The van der Waals surface area contributed by atoms with Crippen LogP contribution in [0, 0.1) is 11.6 Å². The minimum absolute atomic E-state index is 0.268. The van der Waals surface area contributed by atoms with E-state index in [9.17, 15) is 13.6 Å². The summed E-state index contributed by atoms with van der Waals surface area (Å²) >= 11 is 4.31. The summed E-state index contributed by atoms with van der Waals surface area (Å²) in [6.07, 6.45) is 1.48. The molecule has 0 aliphatic carbocycles. The van der Waals surface area contributed by atoms with E-state index in [0.717, 1.165) is 23.5 Å². The summed E-state index contributed by atoms with van der Waals surface area (Å²) in [6, 6.07) is 3.24. The van der Waals surface area contributed by atoms with Crippen molar-refractivity contribution in [2.45, 2.75) is 0 Å². The van der Waals surface area contributed by atoms with E-state index >= 15 is 0 Å². The molecule has 0 fully saturated rings. The first-order valence-corrected chi connectivity index (χ1v) is 6.05. The van der Waals surface area contributed by atoms with Crippen LogP contribution in [-0.2, 0) is 0 Å². The van der Waals surface area contributed by atoms with Crippen LogP contribution < -0.4 is 5.32 Å². The number of aromatic nitrogens is 1. The summed E-state index contributed by atoms with van der Waals surface area (Å²) in [7, 11) is 0. The average Bonchev–Trinajstić information content (AvgIpc) is 2.63. The maximum atomic E-state index is 13.3. The summed E-state index contributed by atoms with van der Waals surface area (Å²) in [5, 5.41) is 2.59. The Morgan fingerprint density at radius 1 is 1.35 bits per heavy atom. The number of amides is 1. The number of hydrogen-bond donors (Lipinski definition) is 1. The van der Waals surface area contributed by atoms with E-state index in [-0.39, 0.29) is 5.13 Å². The van der Waals surface area contributed by atoms with Gasteiger partial charge in [-0.05, 0) is 28.1 Å². The maximum absolute atomic E-state index is 13.3. The van der Waals surface area contributed by atoms with E-state index < -0.39 is 23.1 Å². The molecule has 17 heavy (non-hydrogen) atoms. The van der Waals surface area contributed by atoms with E-state index in [0.29, 0.717) is 3.79 Å². The Balaban J connectivity index is 2.26. The van der Waals surface area contributed by atoms with Crippen molar-refractivity contribution in [1.29, 1.82) is 0 Å². The Morgan fingerprint density at radius 3 is 2.53 bits per heavy atom. The van der Waals surface area contributed by atoms with Gasteiger partial charge in [0.1, 0.15) is 17.2 Å². The second-order valence-electron chi connectivity index (χ2n) is 3.02. The number of anilines is 1. The van der Waals surface area contributed by atoms with E-state index in [2.05, 4.69) is 26.2 Å². The maximum Gasteiger partial charge on any atom is 0.263 e. The van der Waals surface area contributed by atoms with Crippen molar-refractivity contribution in [2.75, 3.05) is 5.32 Å². The zero-order valence-corrected chi connectivity index (χ0v) is 10.6. The molecule has 0 saturated carbocycles. The molecule has 3 nitrogen and oxygen atoms in total. The lowest BCUT2D eigenvalue weighted by molar-refractivity contribution is 0.101. The van der Waals surface area contributed by atoms with Crippen LogP contribution in [0.2, 0.25) is 0 Å². The number of nitrogens with zero attached hydrogens (tertiary/aromatic N) is 1. The zero-order chi connectivity index (χ0) is 12.4. The van der Waals surface area contributed by atoms with Gasteiger partial charge in [0.2, 0.25) is 0 Å². The summed E-state index contributed by atoms with van der Waals surface area (Å²) in [5.41, 5.74) is -0.612. The number of rotatable bonds is 2. The third-order valence-electron chi connectivity index (χ3n) is 1.89. The number of carbonyl (C=O) groups excluding carboxylic acids is 1. The first kappa shape index (κ1) is 12.1.